The Morgan fingerprint density at radius 3 is 2.53 bits per heavy atom. The first-order valence-corrected chi connectivity index (χ1v) is 5.66. The Morgan fingerprint density at radius 2 is 2.00 bits per heavy atom. The van der Waals surface area contributed by atoms with Gasteiger partial charge < -0.3 is 5.73 Å². The summed E-state index contributed by atoms with van der Waals surface area (Å²) in [5, 5.41) is -0.381. The van der Waals surface area contributed by atoms with E-state index in [-0.39, 0.29) is 22.2 Å². The van der Waals surface area contributed by atoms with Crippen molar-refractivity contribution in [3.8, 4) is 0 Å². The van der Waals surface area contributed by atoms with Gasteiger partial charge in [0.05, 0.1) is 5.25 Å². The molecule has 0 radical (unpaired) electrons. The smallest absolute Gasteiger partial charge is 0.230 e. The SMILES string of the molecule is C[C@@H](S[C@H](C)c1ccccc1F)C(N)=O. The maximum atomic E-state index is 13.4. The minimum atomic E-state index is -0.372. The highest BCUT2D eigenvalue weighted by atomic mass is 32.2. The predicted octanol–water partition coefficient (Wildman–Crippen LogP) is 2.49. The molecule has 2 atom stereocenters. The van der Waals surface area contributed by atoms with Gasteiger partial charge >= 0.3 is 0 Å². The third-order valence-electron chi connectivity index (χ3n) is 2.15. The molecular weight excluding hydrogens is 213 g/mol. The van der Waals surface area contributed by atoms with Crippen LogP contribution in [0.2, 0.25) is 0 Å². The lowest BCUT2D eigenvalue weighted by atomic mass is 10.1. The molecule has 2 nitrogen and oxygen atoms in total. The molecular formula is C11H14FNOS. The summed E-state index contributed by atoms with van der Waals surface area (Å²) in [6.07, 6.45) is 0. The Bertz CT molecular complexity index is 356. The van der Waals surface area contributed by atoms with E-state index in [0.717, 1.165) is 0 Å². The lowest BCUT2D eigenvalue weighted by molar-refractivity contribution is -0.117. The summed E-state index contributed by atoms with van der Waals surface area (Å²) in [6, 6.07) is 6.57. The fraction of sp³-hybridized carbons (Fsp3) is 0.364. The number of thioether (sulfide) groups is 1. The number of amides is 1. The average Bonchev–Trinajstić information content (AvgIpc) is 2.18. The van der Waals surface area contributed by atoms with Gasteiger partial charge in [0, 0.05) is 10.8 Å². The van der Waals surface area contributed by atoms with E-state index in [4.69, 9.17) is 5.73 Å². The number of nitrogens with two attached hydrogens (primary N) is 1. The summed E-state index contributed by atoms with van der Waals surface area (Å²) < 4.78 is 13.4. The largest absolute Gasteiger partial charge is 0.369 e. The molecule has 2 N–H and O–H groups in total. The van der Waals surface area contributed by atoms with Gasteiger partial charge in [0.2, 0.25) is 5.91 Å². The van der Waals surface area contributed by atoms with Crippen LogP contribution in [0.25, 0.3) is 0 Å². The molecule has 0 fully saturated rings. The third kappa shape index (κ3) is 3.23. The van der Waals surface area contributed by atoms with Crippen molar-refractivity contribution >= 4 is 17.7 Å². The van der Waals surface area contributed by atoms with Crippen molar-refractivity contribution in [3.63, 3.8) is 0 Å². The van der Waals surface area contributed by atoms with E-state index in [1.165, 1.54) is 17.8 Å². The van der Waals surface area contributed by atoms with E-state index >= 15 is 0 Å². The van der Waals surface area contributed by atoms with Gasteiger partial charge in [-0.3, -0.25) is 4.79 Å². The molecule has 15 heavy (non-hydrogen) atoms. The Hall–Kier alpha value is -1.03. The second kappa shape index (κ2) is 5.16. The lowest BCUT2D eigenvalue weighted by Gasteiger charge is -2.15. The Labute approximate surface area is 93.0 Å². The Morgan fingerprint density at radius 1 is 1.40 bits per heavy atom. The van der Waals surface area contributed by atoms with Gasteiger partial charge in [-0.2, -0.15) is 0 Å². The number of carbonyl (C=O) groups excluding carboxylic acids is 1. The zero-order chi connectivity index (χ0) is 11.4. The van der Waals surface area contributed by atoms with E-state index in [1.807, 2.05) is 6.92 Å². The van der Waals surface area contributed by atoms with Crippen molar-refractivity contribution in [1.29, 1.82) is 0 Å². The third-order valence-corrected chi connectivity index (χ3v) is 3.45. The molecule has 1 rings (SSSR count). The predicted molar refractivity (Wildman–Crippen MR) is 61.1 cm³/mol. The number of hydrogen-bond donors (Lipinski definition) is 1. The molecule has 1 aromatic carbocycles. The maximum absolute atomic E-state index is 13.4. The molecule has 0 heterocycles. The van der Waals surface area contributed by atoms with Crippen molar-refractivity contribution in [2.75, 3.05) is 0 Å². The highest BCUT2D eigenvalue weighted by Gasteiger charge is 2.17. The van der Waals surface area contributed by atoms with Crippen LogP contribution < -0.4 is 5.73 Å². The van der Waals surface area contributed by atoms with E-state index in [9.17, 15) is 9.18 Å². The summed E-state index contributed by atoms with van der Waals surface area (Å²) in [7, 11) is 0. The van der Waals surface area contributed by atoms with Crippen LogP contribution in [-0.4, -0.2) is 11.2 Å². The molecule has 0 bridgehead atoms. The van der Waals surface area contributed by atoms with E-state index < -0.39 is 0 Å². The van der Waals surface area contributed by atoms with Crippen molar-refractivity contribution < 1.29 is 9.18 Å². The lowest BCUT2D eigenvalue weighted by Crippen LogP contribution is -2.23. The highest BCUT2D eigenvalue weighted by Crippen LogP contribution is 2.32. The van der Waals surface area contributed by atoms with Gasteiger partial charge in [0.25, 0.3) is 0 Å². The van der Waals surface area contributed by atoms with E-state index in [1.54, 1.807) is 25.1 Å². The van der Waals surface area contributed by atoms with Crippen molar-refractivity contribution in [2.45, 2.75) is 24.3 Å². The standard InChI is InChI=1S/C11H14FNOS/c1-7(15-8(2)11(13)14)9-5-3-4-6-10(9)12/h3-8H,1-2H3,(H2,13,14)/t7-,8-/m1/s1. The molecule has 4 heteroatoms. The molecule has 0 aromatic heterocycles. The minimum Gasteiger partial charge on any atom is -0.369 e. The van der Waals surface area contributed by atoms with Gasteiger partial charge in [0.15, 0.2) is 0 Å². The summed E-state index contributed by atoms with van der Waals surface area (Å²) in [6.45, 7) is 3.59. The summed E-state index contributed by atoms with van der Waals surface area (Å²) >= 11 is 1.36. The van der Waals surface area contributed by atoms with Gasteiger partial charge in [-0.1, -0.05) is 18.2 Å². The van der Waals surface area contributed by atoms with Crippen LogP contribution in [0, 0.1) is 5.82 Å². The fourth-order valence-electron chi connectivity index (χ4n) is 1.25. The van der Waals surface area contributed by atoms with Gasteiger partial charge in [-0.15, -0.1) is 11.8 Å². The molecule has 0 aliphatic rings. The van der Waals surface area contributed by atoms with Crippen LogP contribution in [0.3, 0.4) is 0 Å². The van der Waals surface area contributed by atoms with Crippen LogP contribution in [0.5, 0.6) is 0 Å². The number of halogens is 1. The highest BCUT2D eigenvalue weighted by molar-refractivity contribution is 8.00. The molecule has 82 valence electrons. The number of hydrogen-bond acceptors (Lipinski definition) is 2. The Balaban J connectivity index is 2.73. The van der Waals surface area contributed by atoms with Crippen molar-refractivity contribution in [2.24, 2.45) is 5.73 Å². The summed E-state index contributed by atoms with van der Waals surface area (Å²) in [4.78, 5) is 10.9. The first-order chi connectivity index (χ1) is 7.02. The first kappa shape index (κ1) is 12.0. The first-order valence-electron chi connectivity index (χ1n) is 4.71. The normalized spacial score (nSPS) is 14.6. The maximum Gasteiger partial charge on any atom is 0.230 e. The topological polar surface area (TPSA) is 43.1 Å². The molecule has 0 unspecified atom stereocenters. The van der Waals surface area contributed by atoms with Crippen LogP contribution in [-0.2, 0) is 4.79 Å². The quantitative estimate of drug-likeness (QED) is 0.858. The molecule has 0 saturated heterocycles. The van der Waals surface area contributed by atoms with E-state index in [2.05, 4.69) is 0 Å². The summed E-state index contributed by atoms with van der Waals surface area (Å²) in [5.74, 6) is -0.614. The summed E-state index contributed by atoms with van der Waals surface area (Å²) in [5.41, 5.74) is 5.75. The zero-order valence-electron chi connectivity index (χ0n) is 8.74. The molecule has 0 spiro atoms. The number of primary amides is 1. The Kier molecular flexibility index (Phi) is 4.15. The second-order valence-electron chi connectivity index (χ2n) is 3.34. The van der Waals surface area contributed by atoms with Gasteiger partial charge in [-0.05, 0) is 19.9 Å². The van der Waals surface area contributed by atoms with Crippen LogP contribution >= 0.6 is 11.8 Å². The van der Waals surface area contributed by atoms with E-state index in [0.29, 0.717) is 5.56 Å². The van der Waals surface area contributed by atoms with Gasteiger partial charge in [0.1, 0.15) is 5.82 Å². The zero-order valence-corrected chi connectivity index (χ0v) is 9.55. The average molecular weight is 227 g/mol. The van der Waals surface area contributed by atoms with Crippen molar-refractivity contribution in [1.82, 2.24) is 0 Å². The van der Waals surface area contributed by atoms with Crippen LogP contribution in [0.15, 0.2) is 24.3 Å². The number of benzene rings is 1. The fourth-order valence-corrected chi connectivity index (χ4v) is 2.34. The van der Waals surface area contributed by atoms with Crippen molar-refractivity contribution in [3.05, 3.63) is 35.6 Å². The van der Waals surface area contributed by atoms with Gasteiger partial charge in [-0.25, -0.2) is 4.39 Å². The monoisotopic (exact) mass is 227 g/mol. The van der Waals surface area contributed by atoms with Crippen LogP contribution in [0.4, 0.5) is 4.39 Å². The molecule has 0 aliphatic carbocycles. The molecule has 0 saturated carbocycles. The molecule has 1 aromatic rings. The number of carbonyl (C=O) groups is 1. The van der Waals surface area contributed by atoms with Crippen LogP contribution in [0.1, 0.15) is 24.7 Å². The minimum absolute atomic E-state index is 0.0753. The number of rotatable bonds is 4. The molecule has 0 aliphatic heterocycles. The molecule has 1 amide bonds. The second-order valence-corrected chi connectivity index (χ2v) is 5.03.